The summed E-state index contributed by atoms with van der Waals surface area (Å²) < 4.78 is 8.69. The number of benzene rings is 6. The summed E-state index contributed by atoms with van der Waals surface area (Å²) in [6.45, 7) is 0. The third kappa shape index (κ3) is 3.48. The Morgan fingerprint density at radius 1 is 0.500 bits per heavy atom. The molecule has 8 rings (SSSR count). The Morgan fingerprint density at radius 2 is 1.18 bits per heavy atom. The van der Waals surface area contributed by atoms with E-state index in [0.29, 0.717) is 5.56 Å². The molecule has 0 unspecified atom stereocenters. The Kier molecular flexibility index (Phi) is 5.10. The fourth-order valence-electron chi connectivity index (χ4n) is 5.92. The first-order valence-corrected chi connectivity index (χ1v) is 14.1. The molecule has 3 heteroatoms. The van der Waals surface area contributed by atoms with Crippen LogP contribution in [0, 0.1) is 11.3 Å². The summed E-state index contributed by atoms with van der Waals surface area (Å²) in [6, 6.07) is 46.7. The Hall–Kier alpha value is -5.17. The van der Waals surface area contributed by atoms with E-state index in [4.69, 9.17) is 4.42 Å². The minimum Gasteiger partial charge on any atom is -0.456 e. The molecule has 186 valence electrons. The van der Waals surface area contributed by atoms with Crippen molar-refractivity contribution in [3.8, 4) is 39.4 Å². The third-order valence-electron chi connectivity index (χ3n) is 7.76. The van der Waals surface area contributed by atoms with E-state index in [2.05, 4.69) is 97.1 Å². The first-order valence-electron chi connectivity index (χ1n) is 13.2. The Labute approximate surface area is 235 Å². The second-order valence-electron chi connectivity index (χ2n) is 10.0. The van der Waals surface area contributed by atoms with Crippen LogP contribution >= 0.6 is 11.3 Å². The van der Waals surface area contributed by atoms with Gasteiger partial charge in [0.25, 0.3) is 0 Å². The van der Waals surface area contributed by atoms with Crippen molar-refractivity contribution in [1.29, 1.82) is 5.26 Å². The highest BCUT2D eigenvalue weighted by Crippen LogP contribution is 2.44. The molecule has 0 saturated carbocycles. The number of hydrogen-bond acceptors (Lipinski definition) is 3. The van der Waals surface area contributed by atoms with Crippen LogP contribution in [0.5, 0.6) is 0 Å². The van der Waals surface area contributed by atoms with E-state index in [-0.39, 0.29) is 0 Å². The summed E-state index contributed by atoms with van der Waals surface area (Å²) in [5.74, 6) is 0. The zero-order valence-electron chi connectivity index (χ0n) is 21.4. The van der Waals surface area contributed by atoms with Crippen molar-refractivity contribution in [2.45, 2.75) is 0 Å². The molecule has 0 radical (unpaired) electrons. The number of nitrogens with zero attached hydrogens (tertiary/aromatic N) is 1. The normalized spacial score (nSPS) is 11.5. The van der Waals surface area contributed by atoms with E-state index in [0.717, 1.165) is 55.3 Å². The quantitative estimate of drug-likeness (QED) is 0.229. The van der Waals surface area contributed by atoms with Gasteiger partial charge in [-0.15, -0.1) is 11.3 Å². The molecular formula is C37H21NOS. The van der Waals surface area contributed by atoms with Crippen molar-refractivity contribution in [2.24, 2.45) is 0 Å². The van der Waals surface area contributed by atoms with Crippen LogP contribution in [0.3, 0.4) is 0 Å². The fourth-order valence-corrected chi connectivity index (χ4v) is 7.01. The Morgan fingerprint density at radius 3 is 2.10 bits per heavy atom. The van der Waals surface area contributed by atoms with Gasteiger partial charge in [0.1, 0.15) is 11.2 Å². The Bertz CT molecular complexity index is 2300. The maximum absolute atomic E-state index is 10.00. The summed E-state index contributed by atoms with van der Waals surface area (Å²) in [6.07, 6.45) is 0. The van der Waals surface area contributed by atoms with E-state index in [9.17, 15) is 5.26 Å². The molecule has 8 aromatic rings. The standard InChI is InChI=1S/C37H21NOS/c38-22-25-8-1-2-9-26(25)30-13-7-12-27(23-16-18-34-31(20-23)28-10-3-5-14-33(28)39-34)37(30)24-17-19-36-32(21-24)29-11-4-6-15-35(29)40-36/h1-21H. The maximum Gasteiger partial charge on any atom is 0.135 e. The monoisotopic (exact) mass is 527 g/mol. The summed E-state index contributed by atoms with van der Waals surface area (Å²) in [5.41, 5.74) is 8.90. The zero-order chi connectivity index (χ0) is 26.6. The molecule has 0 fully saturated rings. The molecule has 0 bridgehead atoms. The highest BCUT2D eigenvalue weighted by atomic mass is 32.1. The van der Waals surface area contributed by atoms with Crippen LogP contribution in [0.25, 0.3) is 75.5 Å². The molecule has 2 heterocycles. The zero-order valence-corrected chi connectivity index (χ0v) is 22.2. The lowest BCUT2D eigenvalue weighted by Gasteiger charge is -2.17. The van der Waals surface area contributed by atoms with Gasteiger partial charge in [0.15, 0.2) is 0 Å². The average Bonchev–Trinajstić information content (AvgIpc) is 3.58. The lowest BCUT2D eigenvalue weighted by molar-refractivity contribution is 0.669. The Balaban J connectivity index is 1.45. The molecule has 2 aromatic heterocycles. The highest BCUT2D eigenvalue weighted by Gasteiger charge is 2.18. The van der Waals surface area contributed by atoms with Crippen molar-refractivity contribution in [3.05, 3.63) is 133 Å². The SMILES string of the molecule is N#Cc1ccccc1-c1cccc(-c2ccc3oc4ccccc4c3c2)c1-c1ccc2sc3ccccc3c2c1. The molecule has 0 amide bonds. The molecule has 0 aliphatic heterocycles. The average molecular weight is 528 g/mol. The predicted molar refractivity (Wildman–Crippen MR) is 168 cm³/mol. The van der Waals surface area contributed by atoms with Crippen LogP contribution in [-0.2, 0) is 0 Å². The van der Waals surface area contributed by atoms with Crippen molar-refractivity contribution in [3.63, 3.8) is 0 Å². The summed E-state index contributed by atoms with van der Waals surface area (Å²) >= 11 is 1.82. The van der Waals surface area contributed by atoms with E-state index in [1.807, 2.05) is 47.7 Å². The largest absolute Gasteiger partial charge is 0.456 e. The van der Waals surface area contributed by atoms with Crippen LogP contribution < -0.4 is 0 Å². The minimum atomic E-state index is 0.666. The second-order valence-corrected chi connectivity index (χ2v) is 11.1. The number of para-hydroxylation sites is 1. The van der Waals surface area contributed by atoms with Gasteiger partial charge in [-0.2, -0.15) is 5.26 Å². The molecule has 0 N–H and O–H groups in total. The third-order valence-corrected chi connectivity index (χ3v) is 8.91. The molecule has 40 heavy (non-hydrogen) atoms. The number of hydrogen-bond donors (Lipinski definition) is 0. The molecule has 0 spiro atoms. The molecule has 0 aliphatic rings. The molecular weight excluding hydrogens is 506 g/mol. The van der Waals surface area contributed by atoms with Crippen LogP contribution in [0.1, 0.15) is 5.56 Å². The van der Waals surface area contributed by atoms with Crippen LogP contribution in [0.2, 0.25) is 0 Å². The second kappa shape index (κ2) is 8.95. The van der Waals surface area contributed by atoms with E-state index < -0.39 is 0 Å². The number of nitriles is 1. The minimum absolute atomic E-state index is 0.666. The van der Waals surface area contributed by atoms with Crippen LogP contribution in [-0.4, -0.2) is 0 Å². The van der Waals surface area contributed by atoms with E-state index in [1.54, 1.807) is 0 Å². The molecule has 0 saturated heterocycles. The lowest BCUT2D eigenvalue weighted by atomic mass is 9.85. The number of thiophene rings is 1. The van der Waals surface area contributed by atoms with Gasteiger partial charge in [-0.05, 0) is 70.3 Å². The molecule has 0 atom stereocenters. The van der Waals surface area contributed by atoms with Gasteiger partial charge in [-0.3, -0.25) is 0 Å². The van der Waals surface area contributed by atoms with E-state index >= 15 is 0 Å². The smallest absolute Gasteiger partial charge is 0.135 e. The first kappa shape index (κ1) is 22.8. The van der Waals surface area contributed by atoms with Crippen molar-refractivity contribution in [2.75, 3.05) is 0 Å². The van der Waals surface area contributed by atoms with Gasteiger partial charge in [-0.25, -0.2) is 0 Å². The predicted octanol–water partition coefficient (Wildman–Crippen LogP) is 10.8. The maximum atomic E-state index is 10.00. The summed E-state index contributed by atoms with van der Waals surface area (Å²) in [7, 11) is 0. The topological polar surface area (TPSA) is 36.9 Å². The van der Waals surface area contributed by atoms with Gasteiger partial charge < -0.3 is 4.42 Å². The summed E-state index contributed by atoms with van der Waals surface area (Å²) in [5, 5.41) is 14.7. The lowest BCUT2D eigenvalue weighted by Crippen LogP contribution is -1.92. The number of fused-ring (bicyclic) bond motifs is 6. The summed E-state index contributed by atoms with van der Waals surface area (Å²) in [4.78, 5) is 0. The van der Waals surface area contributed by atoms with Gasteiger partial charge in [0.2, 0.25) is 0 Å². The van der Waals surface area contributed by atoms with Crippen LogP contribution in [0.4, 0.5) is 0 Å². The highest BCUT2D eigenvalue weighted by molar-refractivity contribution is 7.25. The molecule has 6 aromatic carbocycles. The molecule has 2 nitrogen and oxygen atoms in total. The van der Waals surface area contributed by atoms with Gasteiger partial charge >= 0.3 is 0 Å². The van der Waals surface area contributed by atoms with Crippen molar-refractivity contribution >= 4 is 53.4 Å². The molecule has 0 aliphatic carbocycles. The van der Waals surface area contributed by atoms with Crippen molar-refractivity contribution < 1.29 is 4.42 Å². The number of furan rings is 1. The van der Waals surface area contributed by atoms with Gasteiger partial charge in [-0.1, -0.05) is 84.9 Å². The first-order chi connectivity index (χ1) is 19.8. The fraction of sp³-hybridized carbons (Fsp3) is 0. The van der Waals surface area contributed by atoms with E-state index in [1.165, 1.54) is 20.2 Å². The van der Waals surface area contributed by atoms with Crippen LogP contribution in [0.15, 0.2) is 132 Å². The number of rotatable bonds is 3. The van der Waals surface area contributed by atoms with Gasteiger partial charge in [0, 0.05) is 36.5 Å². The van der Waals surface area contributed by atoms with Crippen molar-refractivity contribution in [1.82, 2.24) is 0 Å². The van der Waals surface area contributed by atoms with Gasteiger partial charge in [0.05, 0.1) is 11.6 Å².